The first kappa shape index (κ1) is 22.8. The molecule has 1 fully saturated rings. The zero-order chi connectivity index (χ0) is 24.0. The minimum absolute atomic E-state index is 0.231. The Hall–Kier alpha value is -3.00. The van der Waals surface area contributed by atoms with E-state index in [4.69, 9.17) is 44.9 Å². The fraction of sp³-hybridized carbons (Fsp3) is 0.200. The molecule has 2 bridgehead atoms. The van der Waals surface area contributed by atoms with Gasteiger partial charge in [-0.2, -0.15) is 0 Å². The monoisotopic (exact) mass is 513 g/mol. The molecular weight excluding hydrogens is 493 g/mol. The van der Waals surface area contributed by atoms with E-state index in [1.165, 1.54) is 0 Å². The smallest absolute Gasteiger partial charge is 0.236 e. The van der Waals surface area contributed by atoms with E-state index in [0.717, 1.165) is 5.56 Å². The molecule has 5 rings (SSSR count). The number of carbonyl (C=O) groups excluding carboxylic acids is 1. The molecule has 3 aromatic rings. The molecular formula is C25H21Cl2N3O3S. The summed E-state index contributed by atoms with van der Waals surface area (Å²) in [6.45, 7) is 1.86. The number of anilines is 2. The molecule has 3 unspecified atom stereocenters. The van der Waals surface area contributed by atoms with Crippen LogP contribution in [-0.4, -0.2) is 23.9 Å². The van der Waals surface area contributed by atoms with Crippen molar-refractivity contribution in [1.29, 1.82) is 0 Å². The number of amides is 1. The van der Waals surface area contributed by atoms with Gasteiger partial charge in [0.1, 0.15) is 17.4 Å². The molecule has 0 saturated carbocycles. The number of carbonyl (C=O) groups is 1. The SMILES string of the molecule is COc1ccc(NC(=O)C2C3NC(=S)N(c4cccc(Cl)c4)C2(C)Oc2ccc(Cl)cc23)cc1. The normalized spacial score (nSPS) is 22.8. The minimum atomic E-state index is -1.14. The van der Waals surface area contributed by atoms with Gasteiger partial charge in [0.25, 0.3) is 0 Å². The van der Waals surface area contributed by atoms with Crippen LogP contribution in [0.3, 0.4) is 0 Å². The molecule has 3 atom stereocenters. The number of ether oxygens (including phenoxy) is 2. The van der Waals surface area contributed by atoms with Crippen molar-refractivity contribution in [3.63, 3.8) is 0 Å². The van der Waals surface area contributed by atoms with Gasteiger partial charge in [0, 0.05) is 27.0 Å². The first-order valence-electron chi connectivity index (χ1n) is 10.6. The van der Waals surface area contributed by atoms with Crippen molar-refractivity contribution in [2.24, 2.45) is 5.92 Å². The van der Waals surface area contributed by atoms with E-state index in [0.29, 0.717) is 38.0 Å². The number of fused-ring (bicyclic) bond motifs is 4. The minimum Gasteiger partial charge on any atom is -0.497 e. The Morgan fingerprint density at radius 1 is 1.12 bits per heavy atom. The van der Waals surface area contributed by atoms with Crippen LogP contribution in [0.15, 0.2) is 66.7 Å². The maximum atomic E-state index is 13.8. The molecule has 2 aliphatic heterocycles. The Balaban J connectivity index is 1.60. The van der Waals surface area contributed by atoms with Crippen molar-refractivity contribution in [3.05, 3.63) is 82.3 Å². The molecule has 3 aromatic carbocycles. The highest BCUT2D eigenvalue weighted by Crippen LogP contribution is 2.50. The average Bonchev–Trinajstić information content (AvgIpc) is 2.79. The summed E-state index contributed by atoms with van der Waals surface area (Å²) in [7, 11) is 1.59. The second-order valence-corrected chi connectivity index (χ2v) is 9.54. The van der Waals surface area contributed by atoms with E-state index in [2.05, 4.69) is 10.6 Å². The summed E-state index contributed by atoms with van der Waals surface area (Å²) < 4.78 is 11.8. The van der Waals surface area contributed by atoms with Crippen molar-refractivity contribution >= 4 is 57.8 Å². The third-order valence-electron chi connectivity index (χ3n) is 6.17. The number of hydrogen-bond donors (Lipinski definition) is 2. The molecule has 6 nitrogen and oxygen atoms in total. The molecule has 2 heterocycles. The Kier molecular flexibility index (Phi) is 5.80. The summed E-state index contributed by atoms with van der Waals surface area (Å²) >= 11 is 18.3. The number of nitrogens with one attached hydrogen (secondary N) is 2. The number of rotatable bonds is 4. The van der Waals surface area contributed by atoms with Crippen molar-refractivity contribution in [2.75, 3.05) is 17.3 Å². The maximum Gasteiger partial charge on any atom is 0.236 e. The predicted octanol–water partition coefficient (Wildman–Crippen LogP) is 5.80. The van der Waals surface area contributed by atoms with Gasteiger partial charge < -0.3 is 20.1 Å². The lowest BCUT2D eigenvalue weighted by Crippen LogP contribution is -2.72. The summed E-state index contributed by atoms with van der Waals surface area (Å²) in [5.41, 5.74) is 0.981. The largest absolute Gasteiger partial charge is 0.497 e. The van der Waals surface area contributed by atoms with Gasteiger partial charge in [0.15, 0.2) is 10.8 Å². The Morgan fingerprint density at radius 3 is 2.56 bits per heavy atom. The number of hydrogen-bond acceptors (Lipinski definition) is 4. The molecule has 0 spiro atoms. The number of benzene rings is 3. The lowest BCUT2D eigenvalue weighted by Gasteiger charge is -2.56. The Bertz CT molecular complexity index is 1290. The summed E-state index contributed by atoms with van der Waals surface area (Å²) in [6, 6.07) is 19.4. The number of thiocarbonyl (C=S) groups is 1. The van der Waals surface area contributed by atoms with Gasteiger partial charge in [-0.1, -0.05) is 29.3 Å². The van der Waals surface area contributed by atoms with Crippen LogP contribution in [0.4, 0.5) is 11.4 Å². The fourth-order valence-electron chi connectivity index (χ4n) is 4.65. The van der Waals surface area contributed by atoms with Gasteiger partial charge in [-0.3, -0.25) is 9.69 Å². The summed E-state index contributed by atoms with van der Waals surface area (Å²) in [5, 5.41) is 7.89. The highest BCUT2D eigenvalue weighted by molar-refractivity contribution is 7.80. The molecule has 1 amide bonds. The lowest BCUT2D eigenvalue weighted by atomic mass is 9.78. The van der Waals surface area contributed by atoms with Gasteiger partial charge in [0.2, 0.25) is 5.91 Å². The van der Waals surface area contributed by atoms with E-state index in [1.54, 1.807) is 60.5 Å². The lowest BCUT2D eigenvalue weighted by molar-refractivity contribution is -0.130. The maximum absolute atomic E-state index is 13.8. The van der Waals surface area contributed by atoms with E-state index < -0.39 is 17.7 Å². The quantitative estimate of drug-likeness (QED) is 0.429. The Morgan fingerprint density at radius 2 is 1.85 bits per heavy atom. The molecule has 34 heavy (non-hydrogen) atoms. The molecule has 0 aromatic heterocycles. The zero-order valence-corrected chi connectivity index (χ0v) is 20.7. The van der Waals surface area contributed by atoms with Gasteiger partial charge in [-0.25, -0.2) is 0 Å². The van der Waals surface area contributed by atoms with Crippen molar-refractivity contribution in [3.8, 4) is 11.5 Å². The van der Waals surface area contributed by atoms with Crippen LogP contribution in [0.25, 0.3) is 0 Å². The van der Waals surface area contributed by atoms with E-state index in [1.807, 2.05) is 25.1 Å². The number of methoxy groups -OCH3 is 1. The zero-order valence-electron chi connectivity index (χ0n) is 18.3. The second-order valence-electron chi connectivity index (χ2n) is 8.28. The first-order chi connectivity index (χ1) is 16.3. The van der Waals surface area contributed by atoms with E-state index in [-0.39, 0.29) is 5.91 Å². The third kappa shape index (κ3) is 3.83. The van der Waals surface area contributed by atoms with Gasteiger partial charge in [-0.15, -0.1) is 0 Å². The molecule has 1 saturated heterocycles. The van der Waals surface area contributed by atoms with E-state index in [9.17, 15) is 4.79 Å². The van der Waals surface area contributed by atoms with Gasteiger partial charge >= 0.3 is 0 Å². The van der Waals surface area contributed by atoms with Gasteiger partial charge in [-0.05, 0) is 79.8 Å². The summed E-state index contributed by atoms with van der Waals surface area (Å²) in [4.78, 5) is 15.6. The van der Waals surface area contributed by atoms with Crippen LogP contribution in [0.5, 0.6) is 11.5 Å². The van der Waals surface area contributed by atoms with Crippen molar-refractivity contribution in [2.45, 2.75) is 18.7 Å². The third-order valence-corrected chi connectivity index (χ3v) is 6.94. The highest BCUT2D eigenvalue weighted by Gasteiger charge is 2.59. The van der Waals surface area contributed by atoms with Crippen LogP contribution in [0.1, 0.15) is 18.5 Å². The van der Waals surface area contributed by atoms with Crippen molar-refractivity contribution < 1.29 is 14.3 Å². The van der Waals surface area contributed by atoms with Crippen LogP contribution >= 0.6 is 35.4 Å². The van der Waals surface area contributed by atoms with Crippen LogP contribution in [0.2, 0.25) is 10.0 Å². The molecule has 0 radical (unpaired) electrons. The second kappa shape index (κ2) is 8.65. The van der Waals surface area contributed by atoms with Crippen LogP contribution < -0.4 is 25.0 Å². The molecule has 9 heteroatoms. The summed E-state index contributed by atoms with van der Waals surface area (Å²) in [6.07, 6.45) is 0. The predicted molar refractivity (Wildman–Crippen MR) is 138 cm³/mol. The molecule has 2 aliphatic rings. The van der Waals surface area contributed by atoms with Crippen LogP contribution in [0, 0.1) is 5.92 Å². The number of halogens is 2. The van der Waals surface area contributed by atoms with Crippen LogP contribution in [-0.2, 0) is 4.79 Å². The topological polar surface area (TPSA) is 62.8 Å². The molecule has 174 valence electrons. The molecule has 2 N–H and O–H groups in total. The standard InChI is InChI=1S/C25H21Cl2N3O3S/c1-25-21(23(31)28-16-7-9-18(32-2)10-8-16)22(19-13-15(27)6-11-20(19)33-25)29-24(34)30(25)17-5-3-4-14(26)12-17/h3-13,21-22H,1-2H3,(H,28,31)(H,29,34). The first-order valence-corrected chi connectivity index (χ1v) is 11.8. The Labute approximate surface area is 212 Å². The van der Waals surface area contributed by atoms with Gasteiger partial charge in [0.05, 0.1) is 13.2 Å². The summed E-state index contributed by atoms with van der Waals surface area (Å²) in [5.74, 6) is 0.412. The fourth-order valence-corrected chi connectivity index (χ4v) is 5.43. The highest BCUT2D eigenvalue weighted by atomic mass is 35.5. The van der Waals surface area contributed by atoms with E-state index >= 15 is 0 Å². The number of nitrogens with zero attached hydrogens (tertiary/aromatic N) is 1. The van der Waals surface area contributed by atoms with Crippen molar-refractivity contribution in [1.82, 2.24) is 5.32 Å². The molecule has 0 aliphatic carbocycles. The average molecular weight is 514 g/mol.